The van der Waals surface area contributed by atoms with Crippen molar-refractivity contribution < 1.29 is 0 Å². The maximum atomic E-state index is 3.63. The molecule has 0 saturated carbocycles. The van der Waals surface area contributed by atoms with E-state index in [1.165, 1.54) is 16.1 Å². The Morgan fingerprint density at radius 1 is 1.16 bits per heavy atom. The minimum absolute atomic E-state index is 0.466. The SMILES string of the molecule is CCC(NCc1ccc(N(C)C)cc1)c1cccs1. The first-order chi connectivity index (χ1) is 9.20. The molecule has 1 aromatic carbocycles. The highest BCUT2D eigenvalue weighted by Gasteiger charge is 2.09. The van der Waals surface area contributed by atoms with Gasteiger partial charge in [-0.05, 0) is 35.6 Å². The minimum Gasteiger partial charge on any atom is -0.378 e. The average molecular weight is 274 g/mol. The second kappa shape index (κ2) is 6.73. The molecule has 1 atom stereocenters. The predicted octanol–water partition coefficient (Wildman–Crippen LogP) is 4.06. The van der Waals surface area contributed by atoms with Crippen molar-refractivity contribution in [1.82, 2.24) is 5.32 Å². The van der Waals surface area contributed by atoms with Crippen LogP contribution >= 0.6 is 11.3 Å². The van der Waals surface area contributed by atoms with Crippen molar-refractivity contribution in [1.29, 1.82) is 0 Å². The molecule has 0 bridgehead atoms. The van der Waals surface area contributed by atoms with E-state index in [9.17, 15) is 0 Å². The number of nitrogens with one attached hydrogen (secondary N) is 1. The molecule has 1 aromatic heterocycles. The van der Waals surface area contributed by atoms with Crippen molar-refractivity contribution >= 4 is 17.0 Å². The molecular weight excluding hydrogens is 252 g/mol. The summed E-state index contributed by atoms with van der Waals surface area (Å²) in [7, 11) is 4.13. The zero-order valence-corrected chi connectivity index (χ0v) is 12.7. The maximum absolute atomic E-state index is 3.63. The Balaban J connectivity index is 1.94. The number of hydrogen-bond donors (Lipinski definition) is 1. The molecule has 102 valence electrons. The predicted molar refractivity (Wildman–Crippen MR) is 85.0 cm³/mol. The number of nitrogens with zero attached hydrogens (tertiary/aromatic N) is 1. The van der Waals surface area contributed by atoms with Crippen LogP contribution in [0.3, 0.4) is 0 Å². The third-order valence-electron chi connectivity index (χ3n) is 3.30. The highest BCUT2D eigenvalue weighted by atomic mass is 32.1. The summed E-state index contributed by atoms with van der Waals surface area (Å²) in [5.41, 5.74) is 2.58. The average Bonchev–Trinajstić information content (AvgIpc) is 2.94. The Bertz CT molecular complexity index is 474. The van der Waals surface area contributed by atoms with E-state index in [1.807, 2.05) is 11.3 Å². The largest absolute Gasteiger partial charge is 0.378 e. The summed E-state index contributed by atoms with van der Waals surface area (Å²) in [6, 6.07) is 13.5. The van der Waals surface area contributed by atoms with Gasteiger partial charge < -0.3 is 10.2 Å². The number of thiophene rings is 1. The second-order valence-electron chi connectivity index (χ2n) is 4.92. The quantitative estimate of drug-likeness (QED) is 0.854. The molecule has 0 spiro atoms. The third-order valence-corrected chi connectivity index (χ3v) is 4.29. The van der Waals surface area contributed by atoms with Crippen molar-refractivity contribution in [2.24, 2.45) is 0 Å². The summed E-state index contributed by atoms with van der Waals surface area (Å²) in [5.74, 6) is 0. The number of hydrogen-bond acceptors (Lipinski definition) is 3. The lowest BCUT2D eigenvalue weighted by Crippen LogP contribution is -2.19. The minimum atomic E-state index is 0.466. The monoisotopic (exact) mass is 274 g/mol. The smallest absolute Gasteiger partial charge is 0.0414 e. The molecule has 1 unspecified atom stereocenters. The number of anilines is 1. The second-order valence-corrected chi connectivity index (χ2v) is 5.90. The fourth-order valence-electron chi connectivity index (χ4n) is 2.09. The van der Waals surface area contributed by atoms with Gasteiger partial charge in [0, 0.05) is 37.2 Å². The Kier molecular flexibility index (Phi) is 5.00. The first-order valence-electron chi connectivity index (χ1n) is 6.73. The first kappa shape index (κ1) is 14.1. The topological polar surface area (TPSA) is 15.3 Å². The van der Waals surface area contributed by atoms with Gasteiger partial charge in [0.1, 0.15) is 0 Å². The highest BCUT2D eigenvalue weighted by molar-refractivity contribution is 7.10. The van der Waals surface area contributed by atoms with Gasteiger partial charge in [0.05, 0.1) is 0 Å². The van der Waals surface area contributed by atoms with E-state index in [0.717, 1.165) is 13.0 Å². The van der Waals surface area contributed by atoms with Gasteiger partial charge in [-0.25, -0.2) is 0 Å². The fraction of sp³-hybridized carbons (Fsp3) is 0.375. The van der Waals surface area contributed by atoms with E-state index in [4.69, 9.17) is 0 Å². The zero-order chi connectivity index (χ0) is 13.7. The Hall–Kier alpha value is -1.32. The Morgan fingerprint density at radius 3 is 2.42 bits per heavy atom. The van der Waals surface area contributed by atoms with Crippen molar-refractivity contribution in [3.8, 4) is 0 Å². The molecule has 3 heteroatoms. The molecule has 0 fully saturated rings. The summed E-state index contributed by atoms with van der Waals surface area (Å²) in [4.78, 5) is 3.55. The molecule has 0 radical (unpaired) electrons. The molecule has 0 amide bonds. The molecule has 2 aromatic rings. The molecule has 1 heterocycles. The highest BCUT2D eigenvalue weighted by Crippen LogP contribution is 2.22. The van der Waals surface area contributed by atoms with Gasteiger partial charge in [-0.2, -0.15) is 0 Å². The molecule has 0 saturated heterocycles. The summed E-state index contributed by atoms with van der Waals surface area (Å²) in [6.45, 7) is 3.15. The van der Waals surface area contributed by atoms with Crippen molar-refractivity contribution in [2.45, 2.75) is 25.9 Å². The normalized spacial score (nSPS) is 12.4. The van der Waals surface area contributed by atoms with Crippen LogP contribution in [0.2, 0.25) is 0 Å². The van der Waals surface area contributed by atoms with Gasteiger partial charge in [-0.1, -0.05) is 25.1 Å². The van der Waals surface area contributed by atoms with Crippen molar-refractivity contribution in [3.05, 3.63) is 52.2 Å². The van der Waals surface area contributed by atoms with Crippen LogP contribution in [-0.4, -0.2) is 14.1 Å². The molecular formula is C16H22N2S. The molecule has 2 nitrogen and oxygen atoms in total. The van der Waals surface area contributed by atoms with Gasteiger partial charge in [-0.3, -0.25) is 0 Å². The fourth-order valence-corrected chi connectivity index (χ4v) is 2.97. The van der Waals surface area contributed by atoms with Gasteiger partial charge >= 0.3 is 0 Å². The van der Waals surface area contributed by atoms with Gasteiger partial charge in [0.25, 0.3) is 0 Å². The van der Waals surface area contributed by atoms with Gasteiger partial charge in [0.15, 0.2) is 0 Å². The maximum Gasteiger partial charge on any atom is 0.0414 e. The van der Waals surface area contributed by atoms with Crippen LogP contribution in [0.1, 0.15) is 29.8 Å². The van der Waals surface area contributed by atoms with Gasteiger partial charge in [-0.15, -0.1) is 11.3 Å². The van der Waals surface area contributed by atoms with Crippen molar-refractivity contribution in [2.75, 3.05) is 19.0 Å². The van der Waals surface area contributed by atoms with Crippen LogP contribution in [0.25, 0.3) is 0 Å². The lowest BCUT2D eigenvalue weighted by atomic mass is 10.1. The standard InChI is InChI=1S/C16H22N2S/c1-4-15(16-6-5-11-19-16)17-12-13-7-9-14(10-8-13)18(2)3/h5-11,15,17H,4,12H2,1-3H3. The van der Waals surface area contributed by atoms with E-state index in [-0.39, 0.29) is 0 Å². The Morgan fingerprint density at radius 2 is 1.89 bits per heavy atom. The Labute approximate surface area is 120 Å². The van der Waals surface area contributed by atoms with Crippen LogP contribution in [0.5, 0.6) is 0 Å². The van der Waals surface area contributed by atoms with Gasteiger partial charge in [0.2, 0.25) is 0 Å². The van der Waals surface area contributed by atoms with Crippen LogP contribution in [0.4, 0.5) is 5.69 Å². The lowest BCUT2D eigenvalue weighted by Gasteiger charge is -2.16. The van der Waals surface area contributed by atoms with E-state index >= 15 is 0 Å². The van der Waals surface area contributed by atoms with Crippen LogP contribution in [0, 0.1) is 0 Å². The molecule has 19 heavy (non-hydrogen) atoms. The van der Waals surface area contributed by atoms with Crippen LogP contribution in [-0.2, 0) is 6.54 Å². The van der Waals surface area contributed by atoms with E-state index < -0.39 is 0 Å². The van der Waals surface area contributed by atoms with Crippen LogP contribution in [0.15, 0.2) is 41.8 Å². The van der Waals surface area contributed by atoms with Crippen molar-refractivity contribution in [3.63, 3.8) is 0 Å². The van der Waals surface area contributed by atoms with Crippen LogP contribution < -0.4 is 10.2 Å². The molecule has 0 aliphatic heterocycles. The van der Waals surface area contributed by atoms with E-state index in [1.54, 1.807) is 0 Å². The molecule has 0 aliphatic rings. The molecule has 0 aliphatic carbocycles. The summed E-state index contributed by atoms with van der Waals surface area (Å²) >= 11 is 1.83. The molecule has 2 rings (SSSR count). The molecule has 1 N–H and O–H groups in total. The third kappa shape index (κ3) is 3.82. The number of benzene rings is 1. The summed E-state index contributed by atoms with van der Waals surface area (Å²) in [6.07, 6.45) is 1.12. The zero-order valence-electron chi connectivity index (χ0n) is 11.9. The summed E-state index contributed by atoms with van der Waals surface area (Å²) in [5, 5.41) is 5.78. The first-order valence-corrected chi connectivity index (χ1v) is 7.61. The lowest BCUT2D eigenvalue weighted by molar-refractivity contribution is 0.526. The van der Waals surface area contributed by atoms with E-state index in [2.05, 4.69) is 73.0 Å². The number of rotatable bonds is 6. The summed E-state index contributed by atoms with van der Waals surface area (Å²) < 4.78 is 0. The van der Waals surface area contributed by atoms with E-state index in [0.29, 0.717) is 6.04 Å².